The lowest BCUT2D eigenvalue weighted by atomic mass is 10.0. The SMILES string of the molecule is CC(C)C[C@H](NC(=O)CCCNC(=O)c1ccccc1)C(=O)OC(C)(C)C. The van der Waals surface area contributed by atoms with Gasteiger partial charge in [-0.15, -0.1) is 0 Å². The second-order valence-electron chi connectivity index (χ2n) is 8.01. The van der Waals surface area contributed by atoms with Crippen molar-refractivity contribution in [3.8, 4) is 0 Å². The molecule has 2 amide bonds. The minimum absolute atomic E-state index is 0.164. The Morgan fingerprint density at radius 3 is 2.26 bits per heavy atom. The van der Waals surface area contributed by atoms with Gasteiger partial charge < -0.3 is 15.4 Å². The van der Waals surface area contributed by atoms with Crippen molar-refractivity contribution in [1.82, 2.24) is 10.6 Å². The van der Waals surface area contributed by atoms with Crippen molar-refractivity contribution in [3.63, 3.8) is 0 Å². The lowest BCUT2D eigenvalue weighted by Crippen LogP contribution is -2.45. The van der Waals surface area contributed by atoms with Gasteiger partial charge in [-0.25, -0.2) is 4.79 Å². The zero-order chi connectivity index (χ0) is 20.4. The third kappa shape index (κ3) is 9.78. The van der Waals surface area contributed by atoms with Crippen molar-refractivity contribution in [2.24, 2.45) is 5.92 Å². The van der Waals surface area contributed by atoms with Crippen LogP contribution in [0.1, 0.15) is 64.2 Å². The standard InChI is InChI=1S/C21H32N2O4/c1-15(2)14-17(20(26)27-21(3,4)5)23-18(24)12-9-13-22-19(25)16-10-7-6-8-11-16/h6-8,10-11,15,17H,9,12-14H2,1-5H3,(H,22,25)(H,23,24)/t17-/m0/s1. The molecule has 0 saturated heterocycles. The van der Waals surface area contributed by atoms with Crippen LogP contribution in [0.15, 0.2) is 30.3 Å². The van der Waals surface area contributed by atoms with Crippen molar-refractivity contribution in [2.75, 3.05) is 6.54 Å². The van der Waals surface area contributed by atoms with Crippen molar-refractivity contribution in [1.29, 1.82) is 0 Å². The highest BCUT2D eigenvalue weighted by atomic mass is 16.6. The Morgan fingerprint density at radius 2 is 1.70 bits per heavy atom. The van der Waals surface area contributed by atoms with Crippen LogP contribution in [0.3, 0.4) is 0 Å². The molecule has 0 bridgehead atoms. The van der Waals surface area contributed by atoms with Gasteiger partial charge in [-0.2, -0.15) is 0 Å². The molecule has 0 aromatic heterocycles. The predicted octanol–water partition coefficient (Wildman–Crippen LogP) is 3.07. The third-order valence-electron chi connectivity index (χ3n) is 3.64. The quantitative estimate of drug-likeness (QED) is 0.512. The molecular weight excluding hydrogens is 344 g/mol. The van der Waals surface area contributed by atoms with Gasteiger partial charge in [0.15, 0.2) is 0 Å². The summed E-state index contributed by atoms with van der Waals surface area (Å²) in [4.78, 5) is 36.4. The average molecular weight is 376 g/mol. The Hall–Kier alpha value is -2.37. The molecule has 1 atom stereocenters. The fourth-order valence-corrected chi connectivity index (χ4v) is 2.47. The Kier molecular flexibility index (Phi) is 8.98. The molecule has 0 heterocycles. The molecule has 0 aliphatic rings. The first-order valence-electron chi connectivity index (χ1n) is 9.44. The van der Waals surface area contributed by atoms with Crippen LogP contribution in [-0.4, -0.2) is 36.0 Å². The van der Waals surface area contributed by atoms with Crippen molar-refractivity contribution in [2.45, 2.75) is 65.5 Å². The van der Waals surface area contributed by atoms with Gasteiger partial charge in [-0.05, 0) is 51.7 Å². The Labute approximate surface area is 162 Å². The summed E-state index contributed by atoms with van der Waals surface area (Å²) in [6.07, 6.45) is 1.24. The first-order chi connectivity index (χ1) is 12.6. The number of ether oxygens (including phenoxy) is 1. The zero-order valence-corrected chi connectivity index (χ0v) is 17.0. The van der Waals surface area contributed by atoms with Gasteiger partial charge >= 0.3 is 5.97 Å². The second kappa shape index (κ2) is 10.7. The molecule has 0 aliphatic carbocycles. The molecule has 0 saturated carbocycles. The third-order valence-corrected chi connectivity index (χ3v) is 3.64. The molecule has 0 aliphatic heterocycles. The topological polar surface area (TPSA) is 84.5 Å². The van der Waals surface area contributed by atoms with E-state index in [2.05, 4.69) is 10.6 Å². The predicted molar refractivity (Wildman–Crippen MR) is 105 cm³/mol. The van der Waals surface area contributed by atoms with E-state index in [9.17, 15) is 14.4 Å². The van der Waals surface area contributed by atoms with Gasteiger partial charge in [0, 0.05) is 18.5 Å². The summed E-state index contributed by atoms with van der Waals surface area (Å²) in [6, 6.07) is 8.26. The number of esters is 1. The summed E-state index contributed by atoms with van der Waals surface area (Å²) in [6.45, 7) is 9.77. The monoisotopic (exact) mass is 376 g/mol. The van der Waals surface area contributed by atoms with Gasteiger partial charge in [-0.3, -0.25) is 9.59 Å². The first-order valence-corrected chi connectivity index (χ1v) is 9.44. The van der Waals surface area contributed by atoms with Crippen LogP contribution in [-0.2, 0) is 14.3 Å². The maximum absolute atomic E-state index is 12.3. The van der Waals surface area contributed by atoms with E-state index in [1.807, 2.05) is 19.9 Å². The molecule has 0 unspecified atom stereocenters. The van der Waals surface area contributed by atoms with E-state index in [-0.39, 0.29) is 24.2 Å². The van der Waals surface area contributed by atoms with Gasteiger partial charge in [0.2, 0.25) is 5.91 Å². The van der Waals surface area contributed by atoms with E-state index in [1.54, 1.807) is 45.0 Å². The molecule has 2 N–H and O–H groups in total. The Bertz CT molecular complexity index is 621. The van der Waals surface area contributed by atoms with Crippen LogP contribution in [0.2, 0.25) is 0 Å². The van der Waals surface area contributed by atoms with E-state index in [1.165, 1.54) is 0 Å². The van der Waals surface area contributed by atoms with E-state index in [0.717, 1.165) is 0 Å². The summed E-state index contributed by atoms with van der Waals surface area (Å²) in [5, 5.41) is 5.55. The molecular formula is C21H32N2O4. The number of nitrogens with one attached hydrogen (secondary N) is 2. The molecule has 0 fully saturated rings. The van der Waals surface area contributed by atoms with Crippen LogP contribution >= 0.6 is 0 Å². The Morgan fingerprint density at radius 1 is 1.07 bits per heavy atom. The van der Waals surface area contributed by atoms with Crippen LogP contribution in [0.4, 0.5) is 0 Å². The van der Waals surface area contributed by atoms with Crippen LogP contribution in [0.5, 0.6) is 0 Å². The summed E-state index contributed by atoms with van der Waals surface area (Å²) in [5.74, 6) is -0.558. The fraction of sp³-hybridized carbons (Fsp3) is 0.571. The number of hydrogen-bond donors (Lipinski definition) is 2. The highest BCUT2D eigenvalue weighted by Gasteiger charge is 2.27. The van der Waals surface area contributed by atoms with Crippen molar-refractivity contribution >= 4 is 17.8 Å². The van der Waals surface area contributed by atoms with Crippen LogP contribution in [0, 0.1) is 5.92 Å². The van der Waals surface area contributed by atoms with Gasteiger partial charge in [0.05, 0.1) is 0 Å². The van der Waals surface area contributed by atoms with E-state index in [0.29, 0.717) is 24.9 Å². The smallest absolute Gasteiger partial charge is 0.329 e. The second-order valence-corrected chi connectivity index (χ2v) is 8.01. The Balaban J connectivity index is 2.42. The molecule has 27 heavy (non-hydrogen) atoms. The number of carbonyl (C=O) groups is 3. The molecule has 0 radical (unpaired) electrons. The minimum Gasteiger partial charge on any atom is -0.458 e. The number of amides is 2. The molecule has 1 aromatic carbocycles. The highest BCUT2D eigenvalue weighted by Crippen LogP contribution is 2.13. The molecule has 6 nitrogen and oxygen atoms in total. The molecule has 1 rings (SSSR count). The maximum atomic E-state index is 12.3. The number of carbonyl (C=O) groups excluding carboxylic acids is 3. The normalized spacial score (nSPS) is 12.4. The van der Waals surface area contributed by atoms with E-state index < -0.39 is 17.6 Å². The minimum atomic E-state index is -0.657. The molecule has 0 spiro atoms. The lowest BCUT2D eigenvalue weighted by molar-refractivity contribution is -0.159. The number of benzene rings is 1. The first kappa shape index (κ1) is 22.7. The molecule has 150 valence electrons. The van der Waals surface area contributed by atoms with E-state index >= 15 is 0 Å². The summed E-state index contributed by atoms with van der Waals surface area (Å²) >= 11 is 0. The van der Waals surface area contributed by atoms with E-state index in [4.69, 9.17) is 4.74 Å². The molecule has 1 aromatic rings. The zero-order valence-electron chi connectivity index (χ0n) is 17.0. The average Bonchev–Trinajstić information content (AvgIpc) is 2.56. The summed E-state index contributed by atoms with van der Waals surface area (Å²) < 4.78 is 5.40. The van der Waals surface area contributed by atoms with Crippen molar-refractivity contribution in [3.05, 3.63) is 35.9 Å². The number of hydrogen-bond acceptors (Lipinski definition) is 4. The van der Waals surface area contributed by atoms with Crippen molar-refractivity contribution < 1.29 is 19.1 Å². The van der Waals surface area contributed by atoms with Gasteiger partial charge in [0.1, 0.15) is 11.6 Å². The summed E-state index contributed by atoms with van der Waals surface area (Å²) in [5.41, 5.74) is -0.0115. The molecule has 6 heteroatoms. The van der Waals surface area contributed by atoms with Crippen LogP contribution < -0.4 is 10.6 Å². The summed E-state index contributed by atoms with van der Waals surface area (Å²) in [7, 11) is 0. The largest absolute Gasteiger partial charge is 0.458 e. The number of rotatable bonds is 9. The van der Waals surface area contributed by atoms with Gasteiger partial charge in [0.25, 0.3) is 5.91 Å². The maximum Gasteiger partial charge on any atom is 0.329 e. The van der Waals surface area contributed by atoms with Gasteiger partial charge in [-0.1, -0.05) is 32.0 Å². The lowest BCUT2D eigenvalue weighted by Gasteiger charge is -2.25. The van der Waals surface area contributed by atoms with Crippen LogP contribution in [0.25, 0.3) is 0 Å². The highest BCUT2D eigenvalue weighted by molar-refractivity contribution is 5.94. The fourth-order valence-electron chi connectivity index (χ4n) is 2.47.